The molecule has 0 aliphatic rings. The molecule has 1 heteroatoms. The highest BCUT2D eigenvalue weighted by atomic mass is 16.3. The van der Waals surface area contributed by atoms with E-state index in [2.05, 4.69) is 32.9 Å². The fraction of sp³-hybridized carbons (Fsp3) is 0.818. The van der Waals surface area contributed by atoms with E-state index in [-0.39, 0.29) is 6.10 Å². The normalized spacial score (nSPS) is 17.2. The minimum absolute atomic E-state index is 0.177. The van der Waals surface area contributed by atoms with E-state index < -0.39 is 0 Å². The molecular weight excluding hydrogens is 148 g/mol. The number of rotatable bonds is 5. The van der Waals surface area contributed by atoms with Gasteiger partial charge in [0.2, 0.25) is 0 Å². The van der Waals surface area contributed by atoms with Gasteiger partial charge in [-0.3, -0.25) is 0 Å². The van der Waals surface area contributed by atoms with Crippen LogP contribution in [0.2, 0.25) is 0 Å². The van der Waals surface area contributed by atoms with Crippen molar-refractivity contribution in [1.29, 1.82) is 0 Å². The van der Waals surface area contributed by atoms with Gasteiger partial charge in [-0.15, -0.1) is 0 Å². The third-order valence-electron chi connectivity index (χ3n) is 1.78. The van der Waals surface area contributed by atoms with Crippen molar-refractivity contribution in [3.63, 3.8) is 0 Å². The van der Waals surface area contributed by atoms with Crippen LogP contribution in [0.5, 0.6) is 0 Å². The second kappa shape index (κ2) is 6.24. The Balaban J connectivity index is 3.53. The van der Waals surface area contributed by atoms with Crippen LogP contribution in [0.1, 0.15) is 40.5 Å². The maximum Gasteiger partial charge on any atom is 0.0517 e. The molecule has 0 fully saturated rings. The van der Waals surface area contributed by atoms with Crippen LogP contribution in [-0.4, -0.2) is 11.2 Å². The molecule has 72 valence electrons. The maximum absolute atomic E-state index is 9.10. The molecule has 0 aliphatic carbocycles. The summed E-state index contributed by atoms with van der Waals surface area (Å²) < 4.78 is 0. The average molecular weight is 170 g/mol. The molecule has 0 saturated carbocycles. The Hall–Kier alpha value is -0.300. The molecule has 0 radical (unpaired) electrons. The van der Waals surface area contributed by atoms with Gasteiger partial charge in [0.25, 0.3) is 0 Å². The van der Waals surface area contributed by atoms with Crippen molar-refractivity contribution in [1.82, 2.24) is 0 Å². The SMILES string of the molecule is CC(C)C/C=C/C(C)CC(C)O. The van der Waals surface area contributed by atoms with E-state index in [1.807, 2.05) is 6.92 Å². The fourth-order valence-electron chi connectivity index (χ4n) is 1.20. The minimum Gasteiger partial charge on any atom is -0.393 e. The fourth-order valence-corrected chi connectivity index (χ4v) is 1.20. The molecular formula is C11H22O. The predicted octanol–water partition coefficient (Wildman–Crippen LogP) is 3.00. The van der Waals surface area contributed by atoms with Gasteiger partial charge in [0.05, 0.1) is 6.10 Å². The molecule has 0 spiro atoms. The molecule has 0 aromatic heterocycles. The first-order valence-corrected chi connectivity index (χ1v) is 4.87. The topological polar surface area (TPSA) is 20.2 Å². The molecule has 0 heterocycles. The zero-order valence-electron chi connectivity index (χ0n) is 8.75. The zero-order valence-corrected chi connectivity index (χ0v) is 8.75. The van der Waals surface area contributed by atoms with Crippen molar-refractivity contribution in [2.24, 2.45) is 11.8 Å². The maximum atomic E-state index is 9.10. The minimum atomic E-state index is -0.177. The third-order valence-corrected chi connectivity index (χ3v) is 1.78. The number of aliphatic hydroxyl groups is 1. The highest BCUT2D eigenvalue weighted by Gasteiger charge is 2.01. The second-order valence-corrected chi connectivity index (χ2v) is 4.12. The van der Waals surface area contributed by atoms with Gasteiger partial charge in [-0.05, 0) is 31.6 Å². The van der Waals surface area contributed by atoms with Gasteiger partial charge in [0.15, 0.2) is 0 Å². The van der Waals surface area contributed by atoms with Crippen LogP contribution in [0.15, 0.2) is 12.2 Å². The summed E-state index contributed by atoms with van der Waals surface area (Å²) in [6, 6.07) is 0. The number of aliphatic hydroxyl groups excluding tert-OH is 1. The van der Waals surface area contributed by atoms with Gasteiger partial charge in [-0.2, -0.15) is 0 Å². The van der Waals surface area contributed by atoms with Gasteiger partial charge in [-0.1, -0.05) is 32.9 Å². The van der Waals surface area contributed by atoms with E-state index in [0.717, 1.165) is 18.8 Å². The highest BCUT2D eigenvalue weighted by Crippen LogP contribution is 2.09. The summed E-state index contributed by atoms with van der Waals surface area (Å²) in [4.78, 5) is 0. The first-order chi connectivity index (χ1) is 5.52. The molecule has 0 saturated heterocycles. The Kier molecular flexibility index (Phi) is 6.09. The summed E-state index contributed by atoms with van der Waals surface area (Å²) in [7, 11) is 0. The molecule has 0 amide bonds. The van der Waals surface area contributed by atoms with Gasteiger partial charge in [0, 0.05) is 0 Å². The summed E-state index contributed by atoms with van der Waals surface area (Å²) in [6.07, 6.45) is 6.26. The van der Waals surface area contributed by atoms with Gasteiger partial charge >= 0.3 is 0 Å². The molecule has 2 atom stereocenters. The zero-order chi connectivity index (χ0) is 9.56. The van der Waals surface area contributed by atoms with Crippen LogP contribution in [-0.2, 0) is 0 Å². The monoisotopic (exact) mass is 170 g/mol. The summed E-state index contributed by atoms with van der Waals surface area (Å²) in [5.74, 6) is 1.24. The quantitative estimate of drug-likeness (QED) is 0.629. The standard InChI is InChI=1S/C11H22O/c1-9(2)6-5-7-10(3)8-11(4)12/h5,7,9-12H,6,8H2,1-4H3/b7-5+. The van der Waals surface area contributed by atoms with Crippen LogP contribution in [0.4, 0.5) is 0 Å². The van der Waals surface area contributed by atoms with Crippen molar-refractivity contribution in [3.05, 3.63) is 12.2 Å². The molecule has 12 heavy (non-hydrogen) atoms. The van der Waals surface area contributed by atoms with Crippen molar-refractivity contribution < 1.29 is 5.11 Å². The van der Waals surface area contributed by atoms with Crippen LogP contribution >= 0.6 is 0 Å². The largest absolute Gasteiger partial charge is 0.393 e. The summed E-state index contributed by atoms with van der Waals surface area (Å²) in [5, 5.41) is 9.10. The summed E-state index contributed by atoms with van der Waals surface area (Å²) >= 11 is 0. The van der Waals surface area contributed by atoms with E-state index in [1.54, 1.807) is 0 Å². The molecule has 0 aromatic carbocycles. The number of hydrogen-bond donors (Lipinski definition) is 1. The summed E-state index contributed by atoms with van der Waals surface area (Å²) in [5.41, 5.74) is 0. The lowest BCUT2D eigenvalue weighted by Crippen LogP contribution is -2.04. The van der Waals surface area contributed by atoms with Gasteiger partial charge in [0.1, 0.15) is 0 Å². The van der Waals surface area contributed by atoms with Crippen LogP contribution in [0.25, 0.3) is 0 Å². The lowest BCUT2D eigenvalue weighted by Gasteiger charge is -2.08. The molecule has 1 N–H and O–H groups in total. The molecule has 0 rings (SSSR count). The Morgan fingerprint density at radius 2 is 1.75 bits per heavy atom. The lowest BCUT2D eigenvalue weighted by molar-refractivity contribution is 0.172. The Morgan fingerprint density at radius 1 is 1.17 bits per heavy atom. The molecule has 0 bridgehead atoms. The van der Waals surface area contributed by atoms with Crippen molar-refractivity contribution in [2.45, 2.75) is 46.6 Å². The third kappa shape index (κ3) is 7.80. The molecule has 1 nitrogen and oxygen atoms in total. The van der Waals surface area contributed by atoms with E-state index >= 15 is 0 Å². The first-order valence-electron chi connectivity index (χ1n) is 4.87. The second-order valence-electron chi connectivity index (χ2n) is 4.12. The summed E-state index contributed by atoms with van der Waals surface area (Å²) in [6.45, 7) is 8.41. The van der Waals surface area contributed by atoms with Crippen LogP contribution in [0, 0.1) is 11.8 Å². The van der Waals surface area contributed by atoms with Gasteiger partial charge < -0.3 is 5.11 Å². The average Bonchev–Trinajstić information content (AvgIpc) is 1.84. The van der Waals surface area contributed by atoms with Crippen molar-refractivity contribution in [2.75, 3.05) is 0 Å². The smallest absolute Gasteiger partial charge is 0.0517 e. The van der Waals surface area contributed by atoms with Crippen LogP contribution < -0.4 is 0 Å². The predicted molar refractivity (Wildman–Crippen MR) is 54.1 cm³/mol. The lowest BCUT2D eigenvalue weighted by atomic mass is 10.0. The highest BCUT2D eigenvalue weighted by molar-refractivity contribution is 4.87. The van der Waals surface area contributed by atoms with Crippen LogP contribution in [0.3, 0.4) is 0 Å². The Labute approximate surface area is 76.5 Å². The van der Waals surface area contributed by atoms with E-state index in [9.17, 15) is 0 Å². The number of hydrogen-bond acceptors (Lipinski definition) is 1. The number of allylic oxidation sites excluding steroid dienone is 2. The Bertz CT molecular complexity index is 125. The molecule has 0 aromatic rings. The van der Waals surface area contributed by atoms with E-state index in [0.29, 0.717) is 5.92 Å². The van der Waals surface area contributed by atoms with E-state index in [4.69, 9.17) is 5.11 Å². The van der Waals surface area contributed by atoms with Crippen molar-refractivity contribution >= 4 is 0 Å². The first kappa shape index (κ1) is 11.7. The molecule has 2 unspecified atom stereocenters. The van der Waals surface area contributed by atoms with Gasteiger partial charge in [-0.25, -0.2) is 0 Å². The Morgan fingerprint density at radius 3 is 2.17 bits per heavy atom. The van der Waals surface area contributed by atoms with Crippen molar-refractivity contribution in [3.8, 4) is 0 Å². The van der Waals surface area contributed by atoms with E-state index in [1.165, 1.54) is 0 Å². The molecule has 0 aliphatic heterocycles.